The monoisotopic (exact) mass is 196 g/mol. The van der Waals surface area contributed by atoms with Crippen molar-refractivity contribution in [2.75, 3.05) is 0 Å². The fourth-order valence-electron chi connectivity index (χ4n) is 1.85. The smallest absolute Gasteiger partial charge is 0.0323 e. The van der Waals surface area contributed by atoms with Crippen molar-refractivity contribution < 1.29 is 0 Å². The summed E-state index contributed by atoms with van der Waals surface area (Å²) in [6, 6.07) is 0. The Morgan fingerprint density at radius 1 is 1.14 bits per heavy atom. The van der Waals surface area contributed by atoms with E-state index in [9.17, 15) is 0 Å². The molecule has 0 aromatic rings. The number of unbranched alkanes of at least 4 members (excludes halogenated alkanes) is 2. The molecule has 84 valence electrons. The quantitative estimate of drug-likeness (QED) is 0.363. The van der Waals surface area contributed by atoms with Crippen molar-refractivity contribution in [3.8, 4) is 0 Å². The van der Waals surface area contributed by atoms with Gasteiger partial charge in [-0.2, -0.15) is 0 Å². The highest BCUT2D eigenvalue weighted by atomic mass is 14.1. The second-order valence-corrected chi connectivity index (χ2v) is 4.63. The van der Waals surface area contributed by atoms with E-state index < -0.39 is 0 Å². The van der Waals surface area contributed by atoms with Gasteiger partial charge in [0.1, 0.15) is 0 Å². The molecule has 0 nitrogen and oxygen atoms in total. The highest BCUT2D eigenvalue weighted by Crippen LogP contribution is 2.16. The number of hydrogen-bond donors (Lipinski definition) is 0. The Morgan fingerprint density at radius 2 is 1.86 bits per heavy atom. The van der Waals surface area contributed by atoms with Crippen LogP contribution in [-0.4, -0.2) is 0 Å². The molecular weight excluding hydrogens is 168 g/mol. The topological polar surface area (TPSA) is 0 Å². The molecule has 0 rings (SSSR count). The second kappa shape index (κ2) is 9.30. The van der Waals surface area contributed by atoms with Crippen LogP contribution in [0.2, 0.25) is 0 Å². The molecule has 0 aliphatic rings. The molecule has 0 N–H and O–H groups in total. The van der Waals surface area contributed by atoms with Crippen LogP contribution in [0.3, 0.4) is 0 Å². The summed E-state index contributed by atoms with van der Waals surface area (Å²) < 4.78 is 0. The summed E-state index contributed by atoms with van der Waals surface area (Å²) in [7, 11) is 0. The van der Waals surface area contributed by atoms with Crippen LogP contribution in [0, 0.1) is 5.92 Å². The molecule has 0 bridgehead atoms. The predicted molar refractivity (Wildman–Crippen MR) is 66.6 cm³/mol. The zero-order valence-corrected chi connectivity index (χ0v) is 10.6. The molecule has 1 unspecified atom stereocenters. The molecule has 0 aliphatic heterocycles. The summed E-state index contributed by atoms with van der Waals surface area (Å²) in [5.41, 5.74) is 1.55. The van der Waals surface area contributed by atoms with E-state index in [2.05, 4.69) is 33.8 Å². The van der Waals surface area contributed by atoms with Gasteiger partial charge in [-0.05, 0) is 32.6 Å². The highest BCUT2D eigenvalue weighted by Gasteiger charge is 1.99. The van der Waals surface area contributed by atoms with Gasteiger partial charge in [-0.1, -0.05) is 57.6 Å². The highest BCUT2D eigenvalue weighted by molar-refractivity contribution is 4.94. The van der Waals surface area contributed by atoms with Gasteiger partial charge in [-0.3, -0.25) is 0 Å². The van der Waals surface area contributed by atoms with Crippen molar-refractivity contribution in [1.29, 1.82) is 0 Å². The van der Waals surface area contributed by atoms with Crippen molar-refractivity contribution >= 4 is 0 Å². The van der Waals surface area contributed by atoms with Crippen LogP contribution in [-0.2, 0) is 0 Å². The van der Waals surface area contributed by atoms with Crippen molar-refractivity contribution in [2.24, 2.45) is 5.92 Å². The Balaban J connectivity index is 3.21. The van der Waals surface area contributed by atoms with Gasteiger partial charge in [0.15, 0.2) is 0 Å². The summed E-state index contributed by atoms with van der Waals surface area (Å²) in [6.07, 6.45) is 12.0. The number of allylic oxidation sites excluding steroid dienone is 2. The van der Waals surface area contributed by atoms with Gasteiger partial charge >= 0.3 is 0 Å². The normalized spacial score (nSPS) is 14.4. The SMILES string of the molecule is CC=C(C)CCCCCC(C)CCC. The lowest BCUT2D eigenvalue weighted by Crippen LogP contribution is -1.93. The van der Waals surface area contributed by atoms with Gasteiger partial charge in [-0.15, -0.1) is 0 Å². The van der Waals surface area contributed by atoms with Crippen LogP contribution in [0.15, 0.2) is 11.6 Å². The maximum Gasteiger partial charge on any atom is -0.0323 e. The second-order valence-electron chi connectivity index (χ2n) is 4.63. The van der Waals surface area contributed by atoms with E-state index in [4.69, 9.17) is 0 Å². The van der Waals surface area contributed by atoms with Crippen molar-refractivity contribution in [2.45, 2.75) is 72.6 Å². The van der Waals surface area contributed by atoms with E-state index in [1.807, 2.05) is 0 Å². The van der Waals surface area contributed by atoms with Crippen molar-refractivity contribution in [1.82, 2.24) is 0 Å². The van der Waals surface area contributed by atoms with E-state index >= 15 is 0 Å². The summed E-state index contributed by atoms with van der Waals surface area (Å²) in [6.45, 7) is 9.05. The van der Waals surface area contributed by atoms with Crippen molar-refractivity contribution in [3.05, 3.63) is 11.6 Å². The third-order valence-electron chi connectivity index (χ3n) is 3.04. The minimum absolute atomic E-state index is 0.947. The minimum atomic E-state index is 0.947. The van der Waals surface area contributed by atoms with Crippen LogP contribution in [0.4, 0.5) is 0 Å². The minimum Gasteiger partial charge on any atom is -0.0887 e. The van der Waals surface area contributed by atoms with Gasteiger partial charge in [0.05, 0.1) is 0 Å². The molecule has 14 heavy (non-hydrogen) atoms. The maximum absolute atomic E-state index is 2.39. The molecule has 0 amide bonds. The average Bonchev–Trinajstić information content (AvgIpc) is 2.17. The molecule has 0 aromatic carbocycles. The van der Waals surface area contributed by atoms with Crippen LogP contribution in [0.5, 0.6) is 0 Å². The van der Waals surface area contributed by atoms with Crippen LogP contribution in [0.1, 0.15) is 72.6 Å². The van der Waals surface area contributed by atoms with E-state index in [1.165, 1.54) is 44.9 Å². The Labute approximate surface area is 90.8 Å². The molecule has 0 radical (unpaired) electrons. The molecule has 0 saturated heterocycles. The summed E-state index contributed by atoms with van der Waals surface area (Å²) in [5, 5.41) is 0. The first-order valence-electron chi connectivity index (χ1n) is 6.32. The standard InChI is InChI=1S/C14H28/c1-5-10-14(4)12-9-7-8-11-13(3)6-2/h6,14H,5,7-12H2,1-4H3. The van der Waals surface area contributed by atoms with Gasteiger partial charge < -0.3 is 0 Å². The van der Waals surface area contributed by atoms with Crippen LogP contribution in [0.25, 0.3) is 0 Å². The van der Waals surface area contributed by atoms with Crippen LogP contribution < -0.4 is 0 Å². The first-order valence-corrected chi connectivity index (χ1v) is 6.32. The third-order valence-corrected chi connectivity index (χ3v) is 3.04. The first kappa shape index (κ1) is 13.7. The fraction of sp³-hybridized carbons (Fsp3) is 0.857. The Bertz CT molecular complexity index is 144. The summed E-state index contributed by atoms with van der Waals surface area (Å²) in [5.74, 6) is 0.947. The predicted octanol–water partition coefficient (Wildman–Crippen LogP) is 5.34. The molecule has 0 fully saturated rings. The van der Waals surface area contributed by atoms with E-state index in [-0.39, 0.29) is 0 Å². The third kappa shape index (κ3) is 8.34. The first-order chi connectivity index (χ1) is 6.70. The lowest BCUT2D eigenvalue weighted by molar-refractivity contribution is 0.456. The summed E-state index contributed by atoms with van der Waals surface area (Å²) >= 11 is 0. The van der Waals surface area contributed by atoms with Gasteiger partial charge in [0, 0.05) is 0 Å². The zero-order chi connectivity index (χ0) is 10.8. The van der Waals surface area contributed by atoms with E-state index in [0.29, 0.717) is 0 Å². The molecule has 0 aliphatic carbocycles. The maximum atomic E-state index is 2.39. The van der Waals surface area contributed by atoms with Crippen molar-refractivity contribution in [3.63, 3.8) is 0 Å². The lowest BCUT2D eigenvalue weighted by Gasteiger charge is -2.09. The van der Waals surface area contributed by atoms with Crippen LogP contribution >= 0.6 is 0 Å². The lowest BCUT2D eigenvalue weighted by atomic mass is 9.98. The van der Waals surface area contributed by atoms with Gasteiger partial charge in [0.2, 0.25) is 0 Å². The molecule has 0 heterocycles. The van der Waals surface area contributed by atoms with Gasteiger partial charge in [0.25, 0.3) is 0 Å². The molecule has 0 saturated carbocycles. The molecular formula is C14H28. The average molecular weight is 196 g/mol. The van der Waals surface area contributed by atoms with Gasteiger partial charge in [-0.25, -0.2) is 0 Å². The van der Waals surface area contributed by atoms with E-state index in [0.717, 1.165) is 5.92 Å². The number of hydrogen-bond acceptors (Lipinski definition) is 0. The Morgan fingerprint density at radius 3 is 2.43 bits per heavy atom. The zero-order valence-electron chi connectivity index (χ0n) is 10.6. The fourth-order valence-corrected chi connectivity index (χ4v) is 1.85. The molecule has 0 heteroatoms. The molecule has 0 aromatic heterocycles. The summed E-state index contributed by atoms with van der Waals surface area (Å²) in [4.78, 5) is 0. The van der Waals surface area contributed by atoms with E-state index in [1.54, 1.807) is 5.57 Å². The Kier molecular flexibility index (Phi) is 9.13. The molecule has 0 spiro atoms. The largest absolute Gasteiger partial charge is 0.0887 e. The number of rotatable bonds is 8. The molecule has 1 atom stereocenters. The Hall–Kier alpha value is -0.260.